The van der Waals surface area contributed by atoms with Crippen LogP contribution in [0.5, 0.6) is 0 Å². The number of amides is 1. The van der Waals surface area contributed by atoms with Crippen molar-refractivity contribution in [2.75, 3.05) is 13.2 Å². The Bertz CT molecular complexity index is 356. The number of nitrogens with one attached hydrogen (secondary N) is 1. The average Bonchev–Trinajstić information content (AvgIpc) is 2.34. The molecule has 0 aromatic heterocycles. The highest BCUT2D eigenvalue weighted by Gasteiger charge is 2.31. The molecule has 108 valence electrons. The van der Waals surface area contributed by atoms with Gasteiger partial charge in [-0.1, -0.05) is 6.92 Å². The molecule has 3 atom stereocenters. The molecule has 1 aliphatic heterocycles. The van der Waals surface area contributed by atoms with Gasteiger partial charge in [0, 0.05) is 25.6 Å². The van der Waals surface area contributed by atoms with Crippen molar-refractivity contribution in [2.24, 2.45) is 11.8 Å². The van der Waals surface area contributed by atoms with Gasteiger partial charge in [-0.2, -0.15) is 0 Å². The minimum Gasteiger partial charge on any atom is -0.481 e. The average molecular weight is 273 g/mol. The van der Waals surface area contributed by atoms with Gasteiger partial charge in [0.1, 0.15) is 6.04 Å². The zero-order valence-electron chi connectivity index (χ0n) is 10.8. The number of ether oxygens (including phenoxy) is 1. The third kappa shape index (κ3) is 4.86. The van der Waals surface area contributed by atoms with Crippen LogP contribution in [0, 0.1) is 11.8 Å². The first-order chi connectivity index (χ1) is 8.91. The van der Waals surface area contributed by atoms with Crippen LogP contribution in [0.3, 0.4) is 0 Å². The van der Waals surface area contributed by atoms with Gasteiger partial charge >= 0.3 is 11.9 Å². The maximum atomic E-state index is 12.0. The number of aliphatic carboxylic acids is 2. The highest BCUT2D eigenvalue weighted by atomic mass is 16.5. The molecule has 0 bridgehead atoms. The number of carbonyl (C=O) groups excluding carboxylic acids is 1. The van der Waals surface area contributed by atoms with Crippen molar-refractivity contribution in [3.05, 3.63) is 0 Å². The summed E-state index contributed by atoms with van der Waals surface area (Å²) in [6, 6.07) is -1.15. The van der Waals surface area contributed by atoms with Crippen LogP contribution in [0.2, 0.25) is 0 Å². The van der Waals surface area contributed by atoms with E-state index in [9.17, 15) is 14.4 Å². The van der Waals surface area contributed by atoms with Crippen LogP contribution in [-0.2, 0) is 19.1 Å². The first-order valence-corrected chi connectivity index (χ1v) is 6.24. The fourth-order valence-corrected chi connectivity index (χ4v) is 2.07. The summed E-state index contributed by atoms with van der Waals surface area (Å²) in [5.74, 6) is -2.88. The van der Waals surface area contributed by atoms with E-state index < -0.39 is 18.0 Å². The zero-order valence-corrected chi connectivity index (χ0v) is 10.8. The molecule has 2 unspecified atom stereocenters. The van der Waals surface area contributed by atoms with Crippen LogP contribution in [0.15, 0.2) is 0 Å². The summed E-state index contributed by atoms with van der Waals surface area (Å²) in [4.78, 5) is 33.4. The molecule has 7 nitrogen and oxygen atoms in total. The molecule has 1 rings (SSSR count). The summed E-state index contributed by atoms with van der Waals surface area (Å²) in [5, 5.41) is 19.9. The number of carboxylic acid groups (broad SMARTS) is 2. The van der Waals surface area contributed by atoms with Crippen molar-refractivity contribution in [3.8, 4) is 0 Å². The molecule has 1 heterocycles. The SMILES string of the molecule is CC1COCCC1C(=O)N[C@@H](CCC(=O)O)C(=O)O. The normalized spacial score (nSPS) is 24.5. The van der Waals surface area contributed by atoms with E-state index in [1.54, 1.807) is 0 Å². The molecule has 3 N–H and O–H groups in total. The van der Waals surface area contributed by atoms with E-state index in [1.807, 2.05) is 6.92 Å². The topological polar surface area (TPSA) is 113 Å². The smallest absolute Gasteiger partial charge is 0.326 e. The molecular weight excluding hydrogens is 254 g/mol. The van der Waals surface area contributed by atoms with Crippen molar-refractivity contribution in [1.82, 2.24) is 5.32 Å². The summed E-state index contributed by atoms with van der Waals surface area (Å²) in [5.41, 5.74) is 0. The van der Waals surface area contributed by atoms with E-state index in [4.69, 9.17) is 14.9 Å². The summed E-state index contributed by atoms with van der Waals surface area (Å²) in [6.45, 7) is 2.83. The first kappa shape index (κ1) is 15.4. The largest absolute Gasteiger partial charge is 0.481 e. The minimum atomic E-state index is -1.21. The van der Waals surface area contributed by atoms with Crippen molar-refractivity contribution >= 4 is 17.8 Å². The predicted octanol–water partition coefficient (Wildman–Crippen LogP) is 0.0932. The van der Waals surface area contributed by atoms with E-state index in [0.29, 0.717) is 19.6 Å². The van der Waals surface area contributed by atoms with Crippen LogP contribution in [0.1, 0.15) is 26.2 Å². The Hall–Kier alpha value is -1.63. The molecule has 19 heavy (non-hydrogen) atoms. The summed E-state index contributed by atoms with van der Waals surface area (Å²) >= 11 is 0. The highest BCUT2D eigenvalue weighted by Crippen LogP contribution is 2.21. The lowest BCUT2D eigenvalue weighted by Crippen LogP contribution is -2.46. The Kier molecular flexibility index (Phi) is 5.75. The van der Waals surface area contributed by atoms with Crippen molar-refractivity contribution in [2.45, 2.75) is 32.2 Å². The third-order valence-corrected chi connectivity index (χ3v) is 3.24. The summed E-state index contributed by atoms with van der Waals surface area (Å²) < 4.78 is 5.22. The molecule has 1 fully saturated rings. The van der Waals surface area contributed by atoms with E-state index in [-0.39, 0.29) is 30.6 Å². The van der Waals surface area contributed by atoms with Gasteiger partial charge in [-0.05, 0) is 18.8 Å². The molecule has 0 spiro atoms. The minimum absolute atomic E-state index is 0.0302. The second-order valence-corrected chi connectivity index (χ2v) is 4.78. The number of carboxylic acids is 2. The fourth-order valence-electron chi connectivity index (χ4n) is 2.07. The number of rotatable bonds is 6. The van der Waals surface area contributed by atoms with Gasteiger partial charge in [0.25, 0.3) is 0 Å². The second kappa shape index (κ2) is 7.08. The Morgan fingerprint density at radius 1 is 1.37 bits per heavy atom. The lowest BCUT2D eigenvalue weighted by molar-refractivity contribution is -0.144. The van der Waals surface area contributed by atoms with Crippen molar-refractivity contribution < 1.29 is 29.3 Å². The number of hydrogen-bond donors (Lipinski definition) is 3. The molecule has 0 aromatic carbocycles. The maximum Gasteiger partial charge on any atom is 0.326 e. The Balaban J connectivity index is 2.55. The zero-order chi connectivity index (χ0) is 14.4. The summed E-state index contributed by atoms with van der Waals surface area (Å²) in [7, 11) is 0. The Morgan fingerprint density at radius 2 is 2.05 bits per heavy atom. The first-order valence-electron chi connectivity index (χ1n) is 6.24. The lowest BCUT2D eigenvalue weighted by Gasteiger charge is -2.28. The Labute approximate surface area is 110 Å². The molecule has 0 aliphatic carbocycles. The molecule has 1 amide bonds. The van der Waals surface area contributed by atoms with E-state index >= 15 is 0 Å². The van der Waals surface area contributed by atoms with Gasteiger partial charge in [-0.15, -0.1) is 0 Å². The molecule has 0 saturated carbocycles. The Morgan fingerprint density at radius 3 is 2.58 bits per heavy atom. The maximum absolute atomic E-state index is 12.0. The lowest BCUT2D eigenvalue weighted by atomic mass is 9.89. The molecule has 7 heteroatoms. The summed E-state index contributed by atoms with van der Waals surface area (Å²) in [6.07, 6.45) is 0.146. The van der Waals surface area contributed by atoms with Gasteiger partial charge in [0.05, 0.1) is 0 Å². The highest BCUT2D eigenvalue weighted by molar-refractivity contribution is 5.85. The van der Waals surface area contributed by atoms with Gasteiger partial charge in [-0.3, -0.25) is 9.59 Å². The third-order valence-electron chi connectivity index (χ3n) is 3.24. The monoisotopic (exact) mass is 273 g/mol. The predicted molar refractivity (Wildman–Crippen MR) is 64.5 cm³/mol. The molecule has 1 saturated heterocycles. The standard InChI is InChI=1S/C12H19NO6/c1-7-6-19-5-4-8(7)11(16)13-9(12(17)18)2-3-10(14)15/h7-9H,2-6H2,1H3,(H,13,16)(H,14,15)(H,17,18)/t7?,8?,9-/m0/s1. The van der Waals surface area contributed by atoms with Gasteiger partial charge in [0.2, 0.25) is 5.91 Å². The van der Waals surface area contributed by atoms with E-state index in [2.05, 4.69) is 5.32 Å². The second-order valence-electron chi connectivity index (χ2n) is 4.78. The van der Waals surface area contributed by atoms with E-state index in [1.165, 1.54) is 0 Å². The van der Waals surface area contributed by atoms with Gasteiger partial charge < -0.3 is 20.3 Å². The van der Waals surface area contributed by atoms with Gasteiger partial charge in [0.15, 0.2) is 0 Å². The van der Waals surface area contributed by atoms with Crippen molar-refractivity contribution in [3.63, 3.8) is 0 Å². The van der Waals surface area contributed by atoms with Crippen LogP contribution in [-0.4, -0.2) is 47.3 Å². The molecule has 0 radical (unpaired) electrons. The molecule has 0 aromatic rings. The molecular formula is C12H19NO6. The number of hydrogen-bond acceptors (Lipinski definition) is 4. The van der Waals surface area contributed by atoms with Crippen LogP contribution >= 0.6 is 0 Å². The fraction of sp³-hybridized carbons (Fsp3) is 0.750. The van der Waals surface area contributed by atoms with Gasteiger partial charge in [-0.25, -0.2) is 4.79 Å². The van der Waals surface area contributed by atoms with Crippen LogP contribution in [0.25, 0.3) is 0 Å². The quantitative estimate of drug-likeness (QED) is 0.632. The molecule has 1 aliphatic rings. The van der Waals surface area contributed by atoms with Crippen LogP contribution < -0.4 is 5.32 Å². The number of carbonyl (C=O) groups is 3. The van der Waals surface area contributed by atoms with Crippen molar-refractivity contribution in [1.29, 1.82) is 0 Å². The van der Waals surface area contributed by atoms with E-state index in [0.717, 1.165) is 0 Å². The van der Waals surface area contributed by atoms with Crippen LogP contribution in [0.4, 0.5) is 0 Å².